The molecule has 3 unspecified atom stereocenters. The van der Waals surface area contributed by atoms with Crippen molar-refractivity contribution in [2.24, 2.45) is 13.0 Å². The zero-order valence-corrected chi connectivity index (χ0v) is 10.7. The van der Waals surface area contributed by atoms with Gasteiger partial charge in [0, 0.05) is 31.0 Å². The van der Waals surface area contributed by atoms with Crippen LogP contribution in [0, 0.1) is 5.92 Å². The fourth-order valence-electron chi connectivity index (χ4n) is 3.60. The predicted molar refractivity (Wildman–Crippen MR) is 68.8 cm³/mol. The molecule has 3 atom stereocenters. The molecule has 3 nitrogen and oxygen atoms in total. The molecule has 1 aromatic heterocycles. The molecule has 2 fully saturated rings. The first-order chi connectivity index (χ1) is 8.33. The standard InChI is InChI=1S/C14H23N3/c1-17-13(9-10-15-17)8-7-12-6-5-11-3-2-4-14(11)16-12/h9-12,14,16H,2-8H2,1H3. The Morgan fingerprint density at radius 1 is 1.35 bits per heavy atom. The normalized spacial score (nSPS) is 32.6. The van der Waals surface area contributed by atoms with Gasteiger partial charge in [0.25, 0.3) is 0 Å². The fourth-order valence-corrected chi connectivity index (χ4v) is 3.60. The predicted octanol–water partition coefficient (Wildman–Crippen LogP) is 2.27. The third kappa shape index (κ3) is 2.39. The number of hydrogen-bond acceptors (Lipinski definition) is 2. The molecule has 0 aromatic carbocycles. The highest BCUT2D eigenvalue weighted by atomic mass is 15.2. The van der Waals surface area contributed by atoms with Gasteiger partial charge in [-0.25, -0.2) is 0 Å². The van der Waals surface area contributed by atoms with E-state index in [0.717, 1.165) is 24.4 Å². The molecular formula is C14H23N3. The molecular weight excluding hydrogens is 210 g/mol. The number of fused-ring (bicyclic) bond motifs is 1. The van der Waals surface area contributed by atoms with Crippen LogP contribution >= 0.6 is 0 Å². The Morgan fingerprint density at radius 2 is 2.29 bits per heavy atom. The number of aromatic nitrogens is 2. The molecule has 1 saturated carbocycles. The molecule has 2 heterocycles. The number of nitrogens with zero attached hydrogens (tertiary/aromatic N) is 2. The van der Waals surface area contributed by atoms with Gasteiger partial charge in [0.1, 0.15) is 0 Å². The molecule has 0 radical (unpaired) electrons. The number of piperidine rings is 1. The zero-order valence-electron chi connectivity index (χ0n) is 10.7. The van der Waals surface area contributed by atoms with Gasteiger partial charge in [0.2, 0.25) is 0 Å². The molecule has 3 rings (SSSR count). The van der Waals surface area contributed by atoms with E-state index in [1.54, 1.807) is 0 Å². The summed E-state index contributed by atoms with van der Waals surface area (Å²) in [6, 6.07) is 3.71. The lowest BCUT2D eigenvalue weighted by atomic mass is 9.88. The highest BCUT2D eigenvalue weighted by Crippen LogP contribution is 2.34. The van der Waals surface area contributed by atoms with Crippen LogP contribution < -0.4 is 5.32 Å². The van der Waals surface area contributed by atoms with Gasteiger partial charge >= 0.3 is 0 Å². The molecule has 1 aliphatic heterocycles. The van der Waals surface area contributed by atoms with Crippen molar-refractivity contribution in [1.82, 2.24) is 15.1 Å². The number of nitrogens with one attached hydrogen (secondary N) is 1. The summed E-state index contributed by atoms with van der Waals surface area (Å²) in [5.74, 6) is 0.989. The monoisotopic (exact) mass is 233 g/mol. The van der Waals surface area contributed by atoms with Gasteiger partial charge in [0.15, 0.2) is 0 Å². The minimum atomic E-state index is 0.740. The van der Waals surface area contributed by atoms with Crippen molar-refractivity contribution in [2.75, 3.05) is 0 Å². The van der Waals surface area contributed by atoms with E-state index in [-0.39, 0.29) is 0 Å². The van der Waals surface area contributed by atoms with Crippen molar-refractivity contribution in [3.63, 3.8) is 0 Å². The molecule has 1 aromatic rings. The quantitative estimate of drug-likeness (QED) is 0.868. The van der Waals surface area contributed by atoms with Gasteiger partial charge in [-0.3, -0.25) is 4.68 Å². The fraction of sp³-hybridized carbons (Fsp3) is 0.786. The summed E-state index contributed by atoms with van der Waals surface area (Å²) in [5.41, 5.74) is 1.36. The second-order valence-electron chi connectivity index (χ2n) is 5.72. The third-order valence-corrected chi connectivity index (χ3v) is 4.67. The average Bonchev–Trinajstić information content (AvgIpc) is 2.94. The van der Waals surface area contributed by atoms with Crippen molar-refractivity contribution >= 4 is 0 Å². The molecule has 0 spiro atoms. The van der Waals surface area contributed by atoms with E-state index in [1.165, 1.54) is 44.2 Å². The minimum Gasteiger partial charge on any atom is -0.311 e. The van der Waals surface area contributed by atoms with Crippen molar-refractivity contribution in [3.8, 4) is 0 Å². The van der Waals surface area contributed by atoms with Crippen LogP contribution in [0.25, 0.3) is 0 Å². The minimum absolute atomic E-state index is 0.740. The van der Waals surface area contributed by atoms with Crippen LogP contribution in [0.4, 0.5) is 0 Å². The van der Waals surface area contributed by atoms with Crippen molar-refractivity contribution in [1.29, 1.82) is 0 Å². The van der Waals surface area contributed by atoms with Crippen LogP contribution in [-0.4, -0.2) is 21.9 Å². The smallest absolute Gasteiger partial charge is 0.0492 e. The summed E-state index contributed by atoms with van der Waals surface area (Å²) >= 11 is 0. The molecule has 3 heteroatoms. The Hall–Kier alpha value is -0.830. The Morgan fingerprint density at radius 3 is 3.12 bits per heavy atom. The summed E-state index contributed by atoms with van der Waals surface area (Å²) in [6.45, 7) is 0. The van der Waals surface area contributed by atoms with Crippen molar-refractivity contribution in [3.05, 3.63) is 18.0 Å². The zero-order chi connectivity index (χ0) is 11.7. The van der Waals surface area contributed by atoms with Gasteiger partial charge in [0.05, 0.1) is 0 Å². The van der Waals surface area contributed by atoms with Crippen LogP contribution in [0.1, 0.15) is 44.2 Å². The maximum Gasteiger partial charge on any atom is 0.0492 e. The van der Waals surface area contributed by atoms with Crippen LogP contribution in [-0.2, 0) is 13.5 Å². The lowest BCUT2D eigenvalue weighted by molar-refractivity contribution is 0.250. The van der Waals surface area contributed by atoms with Crippen LogP contribution in [0.3, 0.4) is 0 Å². The molecule has 94 valence electrons. The molecule has 17 heavy (non-hydrogen) atoms. The summed E-state index contributed by atoms with van der Waals surface area (Å²) in [5, 5.41) is 8.10. The van der Waals surface area contributed by atoms with Gasteiger partial charge in [-0.2, -0.15) is 5.10 Å². The lowest BCUT2D eigenvalue weighted by Crippen LogP contribution is -2.45. The first kappa shape index (κ1) is 11.3. The van der Waals surface area contributed by atoms with Crippen molar-refractivity contribution < 1.29 is 0 Å². The second-order valence-corrected chi connectivity index (χ2v) is 5.72. The van der Waals surface area contributed by atoms with E-state index in [9.17, 15) is 0 Å². The van der Waals surface area contributed by atoms with E-state index >= 15 is 0 Å². The molecule has 0 bridgehead atoms. The van der Waals surface area contributed by atoms with Crippen LogP contribution in [0.2, 0.25) is 0 Å². The second kappa shape index (κ2) is 4.81. The molecule has 1 saturated heterocycles. The van der Waals surface area contributed by atoms with E-state index in [1.807, 2.05) is 17.9 Å². The first-order valence-corrected chi connectivity index (χ1v) is 7.06. The van der Waals surface area contributed by atoms with E-state index in [2.05, 4.69) is 16.5 Å². The highest BCUT2D eigenvalue weighted by molar-refractivity contribution is 5.01. The largest absolute Gasteiger partial charge is 0.311 e. The Labute approximate surface area is 104 Å². The van der Waals surface area contributed by atoms with E-state index in [4.69, 9.17) is 0 Å². The molecule has 1 aliphatic carbocycles. The molecule has 1 N–H and O–H groups in total. The highest BCUT2D eigenvalue weighted by Gasteiger charge is 2.32. The first-order valence-electron chi connectivity index (χ1n) is 7.06. The van der Waals surface area contributed by atoms with Gasteiger partial charge in [-0.1, -0.05) is 6.42 Å². The number of hydrogen-bond donors (Lipinski definition) is 1. The third-order valence-electron chi connectivity index (χ3n) is 4.67. The Bertz CT molecular complexity index is 371. The van der Waals surface area contributed by atoms with Gasteiger partial charge in [-0.05, 0) is 50.5 Å². The van der Waals surface area contributed by atoms with E-state index in [0.29, 0.717) is 0 Å². The summed E-state index contributed by atoms with van der Waals surface area (Å²) in [6.07, 6.45) is 11.5. The Kier molecular flexibility index (Phi) is 3.19. The summed E-state index contributed by atoms with van der Waals surface area (Å²) < 4.78 is 2.00. The molecule has 0 amide bonds. The summed E-state index contributed by atoms with van der Waals surface area (Å²) in [4.78, 5) is 0. The van der Waals surface area contributed by atoms with Crippen LogP contribution in [0.15, 0.2) is 12.3 Å². The number of rotatable bonds is 3. The number of aryl methyl sites for hydroxylation is 2. The SMILES string of the molecule is Cn1nccc1CCC1CCC2CCCC2N1. The maximum atomic E-state index is 4.23. The maximum absolute atomic E-state index is 4.23. The van der Waals surface area contributed by atoms with Crippen molar-refractivity contribution in [2.45, 2.75) is 57.0 Å². The van der Waals surface area contributed by atoms with Gasteiger partial charge < -0.3 is 5.32 Å². The summed E-state index contributed by atoms with van der Waals surface area (Å²) in [7, 11) is 2.04. The lowest BCUT2D eigenvalue weighted by Gasteiger charge is -2.33. The average molecular weight is 233 g/mol. The topological polar surface area (TPSA) is 29.9 Å². The molecule has 2 aliphatic rings. The van der Waals surface area contributed by atoms with E-state index < -0.39 is 0 Å². The Balaban J connectivity index is 1.51. The van der Waals surface area contributed by atoms with Crippen LogP contribution in [0.5, 0.6) is 0 Å². The van der Waals surface area contributed by atoms with Gasteiger partial charge in [-0.15, -0.1) is 0 Å².